The average molecular weight is 526 g/mol. The molecule has 0 spiro atoms. The van der Waals surface area contributed by atoms with Gasteiger partial charge < -0.3 is 0 Å². The second kappa shape index (κ2) is 11.5. The van der Waals surface area contributed by atoms with Crippen LogP contribution < -0.4 is 25.6 Å². The van der Waals surface area contributed by atoms with E-state index in [9.17, 15) is 18.0 Å². The molecule has 0 atom stereocenters. The van der Waals surface area contributed by atoms with E-state index in [4.69, 9.17) is 10.5 Å². The number of hydrogen-bond donors (Lipinski definition) is 3. The van der Waals surface area contributed by atoms with Gasteiger partial charge in [0.15, 0.2) is 0 Å². The zero-order chi connectivity index (χ0) is 24.6. The van der Waals surface area contributed by atoms with Gasteiger partial charge in [-0.2, -0.15) is 0 Å². The molecule has 33 heavy (non-hydrogen) atoms. The molecule has 2 heterocycles. The fourth-order valence-electron chi connectivity index (χ4n) is 2.77. The molecule has 7 nitrogen and oxygen atoms in total. The van der Waals surface area contributed by atoms with E-state index in [0.717, 1.165) is 0 Å². The van der Waals surface area contributed by atoms with Gasteiger partial charge in [0.25, 0.3) is 0 Å². The van der Waals surface area contributed by atoms with E-state index in [1.165, 1.54) is 24.7 Å². The quantitative estimate of drug-likeness (QED) is 0.351. The number of methoxy groups -OCH3 is 1. The van der Waals surface area contributed by atoms with Crippen molar-refractivity contribution in [1.82, 2.24) is 14.9 Å². The molecule has 0 aliphatic heterocycles. The van der Waals surface area contributed by atoms with Crippen LogP contribution in [0.15, 0.2) is 36.4 Å². The first kappa shape index (κ1) is 25.9. The molecule has 4 N–H and O–H groups in total. The number of nitrogens with two attached hydrogens (primary N) is 1. The molecule has 176 valence electrons. The number of pyridine rings is 1. The minimum absolute atomic E-state index is 0.0268. The molecule has 3 rings (SSSR count). The normalized spacial score (nSPS) is 10.5. The van der Waals surface area contributed by atoms with Crippen molar-refractivity contribution in [3.63, 3.8) is 0 Å². The minimum atomic E-state index is -4.36. The summed E-state index contributed by atoms with van der Waals surface area (Å²) in [6.45, 7) is 4.09. The number of rotatable bonds is 5. The van der Waals surface area contributed by atoms with Gasteiger partial charge in [0.1, 0.15) is 0 Å². The van der Waals surface area contributed by atoms with Crippen LogP contribution in [-0.4, -0.2) is 56.3 Å². The Kier molecular flexibility index (Phi) is 9.02. The molecular formula is C22H24F3N5O2Se. The van der Waals surface area contributed by atoms with Crippen LogP contribution >= 0.6 is 0 Å². The third-order valence-corrected chi connectivity index (χ3v) is 5.88. The van der Waals surface area contributed by atoms with Crippen molar-refractivity contribution in [3.8, 4) is 17.6 Å². The Bertz CT molecular complexity index is 1180. The summed E-state index contributed by atoms with van der Waals surface area (Å²) in [4.78, 5) is 11.8. The van der Waals surface area contributed by atoms with Crippen LogP contribution in [-0.2, 0) is 0 Å². The molecular weight excluding hydrogens is 502 g/mol. The fourth-order valence-corrected chi connectivity index (χ4v) is 4.19. The van der Waals surface area contributed by atoms with Crippen molar-refractivity contribution in [2.45, 2.75) is 18.9 Å². The van der Waals surface area contributed by atoms with Crippen LogP contribution in [0, 0.1) is 11.8 Å². The number of carbonyl (C=O) groups excluding carboxylic acids is 1. The molecule has 0 saturated carbocycles. The molecule has 2 aromatic heterocycles. The summed E-state index contributed by atoms with van der Waals surface area (Å²) < 4.78 is 45.9. The van der Waals surface area contributed by atoms with Gasteiger partial charge in [-0.15, -0.1) is 0 Å². The standard InChI is InChI=1S/C20H18F3N5O2Se.C2H6/c1-25-19(29)12-8-9-16(30-2)14(11-12)26-10-4-5-13-18(31-20(21,22)23)15-6-3-7-17(24)28(15)27-13;1-2/h3,6-9,11,26H,10,24H2,1-2H3,(H,25,29);1-2H3. The summed E-state index contributed by atoms with van der Waals surface area (Å²) in [6.07, 6.45) is 0. The topological polar surface area (TPSA) is 93.7 Å². The number of alkyl halides is 3. The van der Waals surface area contributed by atoms with Crippen molar-refractivity contribution >= 4 is 42.3 Å². The maximum absolute atomic E-state index is 13.1. The van der Waals surface area contributed by atoms with Crippen LogP contribution in [0.5, 0.6) is 5.75 Å². The monoisotopic (exact) mass is 527 g/mol. The zero-order valence-electron chi connectivity index (χ0n) is 18.5. The maximum atomic E-state index is 13.1. The van der Waals surface area contributed by atoms with Crippen molar-refractivity contribution < 1.29 is 22.7 Å². The molecule has 0 bridgehead atoms. The van der Waals surface area contributed by atoms with Gasteiger partial charge in [0, 0.05) is 0 Å². The number of carbonyl (C=O) groups is 1. The van der Waals surface area contributed by atoms with Crippen LogP contribution in [0.1, 0.15) is 29.9 Å². The number of anilines is 2. The summed E-state index contributed by atoms with van der Waals surface area (Å²) in [5.41, 5.74) is 7.10. The third kappa shape index (κ3) is 6.57. The number of halogens is 3. The predicted molar refractivity (Wildman–Crippen MR) is 124 cm³/mol. The predicted octanol–water partition coefficient (Wildman–Crippen LogP) is 2.62. The Morgan fingerprint density at radius 2 is 2.00 bits per heavy atom. The Balaban J connectivity index is 0.00000187. The number of nitrogen functional groups attached to an aromatic ring is 1. The van der Waals surface area contributed by atoms with Gasteiger partial charge in [-0.3, -0.25) is 0 Å². The average Bonchev–Trinajstić information content (AvgIpc) is 3.14. The van der Waals surface area contributed by atoms with Gasteiger partial charge in [0.05, 0.1) is 0 Å². The number of aromatic nitrogens is 2. The molecule has 1 aromatic carbocycles. The van der Waals surface area contributed by atoms with Crippen molar-refractivity contribution in [3.05, 3.63) is 47.7 Å². The molecule has 0 aliphatic rings. The fraction of sp³-hybridized carbons (Fsp3) is 0.273. The van der Waals surface area contributed by atoms with Gasteiger partial charge in [-0.1, -0.05) is 13.8 Å². The molecule has 0 radical (unpaired) electrons. The summed E-state index contributed by atoms with van der Waals surface area (Å²) >= 11 is -1.83. The van der Waals surface area contributed by atoms with E-state index in [1.807, 2.05) is 13.8 Å². The van der Waals surface area contributed by atoms with Gasteiger partial charge in [0.2, 0.25) is 0 Å². The van der Waals surface area contributed by atoms with E-state index < -0.39 is 20.0 Å². The number of nitrogens with zero attached hydrogens (tertiary/aromatic N) is 2. The Hall–Kier alpha value is -3.35. The third-order valence-electron chi connectivity index (χ3n) is 4.12. The Morgan fingerprint density at radius 1 is 1.27 bits per heavy atom. The van der Waals surface area contributed by atoms with Crippen LogP contribution in [0.4, 0.5) is 24.7 Å². The number of ether oxygens (including phenoxy) is 1. The zero-order valence-corrected chi connectivity index (χ0v) is 20.2. The molecule has 0 fully saturated rings. The Labute approximate surface area is 196 Å². The number of fused-ring (bicyclic) bond motifs is 1. The van der Waals surface area contributed by atoms with E-state index in [-0.39, 0.29) is 33.9 Å². The summed E-state index contributed by atoms with van der Waals surface area (Å²) in [6, 6.07) is 9.51. The summed E-state index contributed by atoms with van der Waals surface area (Å²) in [7, 11) is 3.01. The van der Waals surface area contributed by atoms with E-state index in [2.05, 4.69) is 27.6 Å². The van der Waals surface area contributed by atoms with Crippen LogP contribution in [0.25, 0.3) is 5.52 Å². The molecule has 11 heteroatoms. The summed E-state index contributed by atoms with van der Waals surface area (Å²) in [5.74, 6) is 5.94. The van der Waals surface area contributed by atoms with E-state index in [0.29, 0.717) is 17.0 Å². The van der Waals surface area contributed by atoms with Gasteiger partial charge in [-0.05, 0) is 0 Å². The van der Waals surface area contributed by atoms with Crippen molar-refractivity contribution in [1.29, 1.82) is 0 Å². The summed E-state index contributed by atoms with van der Waals surface area (Å²) in [5, 5.41) is 5.34. The number of hydrogen-bond acceptors (Lipinski definition) is 5. The second-order valence-corrected chi connectivity index (χ2v) is 8.38. The van der Waals surface area contributed by atoms with E-state index >= 15 is 0 Å². The van der Waals surface area contributed by atoms with Crippen molar-refractivity contribution in [2.24, 2.45) is 0 Å². The number of nitrogens with one attached hydrogen (secondary N) is 2. The molecule has 0 unspecified atom stereocenters. The van der Waals surface area contributed by atoms with Crippen molar-refractivity contribution in [2.75, 3.05) is 31.8 Å². The second-order valence-electron chi connectivity index (χ2n) is 6.12. The number of amides is 1. The SMILES string of the molecule is CC.CNC(=O)c1ccc(OC)c(NCC#Cc2nn3c(N)cccc3c2[Se]C(F)(F)F)c1. The molecule has 1 amide bonds. The first-order chi connectivity index (χ1) is 15.7. The Morgan fingerprint density at radius 3 is 2.64 bits per heavy atom. The van der Waals surface area contributed by atoms with Crippen LogP contribution in [0.3, 0.4) is 0 Å². The number of benzene rings is 1. The molecule has 0 saturated heterocycles. The first-order valence-corrected chi connectivity index (χ1v) is 11.6. The van der Waals surface area contributed by atoms with Gasteiger partial charge in [-0.25, -0.2) is 0 Å². The van der Waals surface area contributed by atoms with E-state index in [1.54, 1.807) is 30.3 Å². The van der Waals surface area contributed by atoms with Crippen LogP contribution in [0.2, 0.25) is 0 Å². The van der Waals surface area contributed by atoms with Gasteiger partial charge >= 0.3 is 182 Å². The first-order valence-electron chi connectivity index (χ1n) is 9.89. The molecule has 3 aromatic rings. The molecule has 0 aliphatic carbocycles.